The van der Waals surface area contributed by atoms with Gasteiger partial charge in [0, 0.05) is 31.5 Å². The number of hydrogen-bond donors (Lipinski definition) is 1. The van der Waals surface area contributed by atoms with Gasteiger partial charge < -0.3 is 9.88 Å². The molecule has 1 N–H and O–H groups in total. The van der Waals surface area contributed by atoms with Crippen molar-refractivity contribution < 1.29 is 4.79 Å². The Morgan fingerprint density at radius 1 is 1.45 bits per heavy atom. The number of fused-ring (bicyclic) bond motifs is 1. The number of aromatic nitrogens is 3. The van der Waals surface area contributed by atoms with E-state index in [0.717, 1.165) is 28.9 Å². The van der Waals surface area contributed by atoms with Crippen LogP contribution >= 0.6 is 11.3 Å². The number of aryl methyl sites for hydroxylation is 1. The van der Waals surface area contributed by atoms with E-state index in [-0.39, 0.29) is 11.9 Å². The smallest absolute Gasteiger partial charge is 0.267 e. The maximum atomic E-state index is 12.4. The maximum absolute atomic E-state index is 12.4. The SMILES string of the molecule is CC(C)n1c(C(=O)NCCCn2cccn2)cc2sccc21. The Balaban J connectivity index is 1.64. The molecule has 0 atom stereocenters. The van der Waals surface area contributed by atoms with Crippen LogP contribution in [0.25, 0.3) is 10.2 Å². The third-order valence-corrected chi connectivity index (χ3v) is 4.47. The van der Waals surface area contributed by atoms with Crippen molar-refractivity contribution in [3.63, 3.8) is 0 Å². The third-order valence-electron chi connectivity index (χ3n) is 3.62. The van der Waals surface area contributed by atoms with Crippen LogP contribution in [0.5, 0.6) is 0 Å². The second-order valence-electron chi connectivity index (χ2n) is 5.54. The summed E-state index contributed by atoms with van der Waals surface area (Å²) >= 11 is 1.67. The minimum absolute atomic E-state index is 0.00225. The van der Waals surface area contributed by atoms with Crippen LogP contribution in [0.4, 0.5) is 0 Å². The van der Waals surface area contributed by atoms with Crippen LogP contribution in [0.3, 0.4) is 0 Å². The Morgan fingerprint density at radius 3 is 3.05 bits per heavy atom. The summed E-state index contributed by atoms with van der Waals surface area (Å²) in [4.78, 5) is 12.4. The van der Waals surface area contributed by atoms with Crippen LogP contribution in [0.2, 0.25) is 0 Å². The third kappa shape index (κ3) is 2.92. The van der Waals surface area contributed by atoms with Gasteiger partial charge in [0.2, 0.25) is 0 Å². The number of thiophene rings is 1. The predicted octanol–water partition coefficient (Wildman–Crippen LogP) is 3.30. The molecule has 0 aliphatic rings. The number of hydrogen-bond acceptors (Lipinski definition) is 3. The molecule has 3 heterocycles. The molecule has 0 unspecified atom stereocenters. The van der Waals surface area contributed by atoms with Crippen molar-refractivity contribution in [2.75, 3.05) is 6.54 Å². The molecule has 6 heteroatoms. The summed E-state index contributed by atoms with van der Waals surface area (Å²) in [6.07, 6.45) is 4.56. The maximum Gasteiger partial charge on any atom is 0.267 e. The highest BCUT2D eigenvalue weighted by molar-refractivity contribution is 7.17. The van der Waals surface area contributed by atoms with E-state index in [2.05, 4.69) is 40.3 Å². The minimum Gasteiger partial charge on any atom is -0.351 e. The van der Waals surface area contributed by atoms with E-state index in [0.29, 0.717) is 6.54 Å². The largest absolute Gasteiger partial charge is 0.351 e. The van der Waals surface area contributed by atoms with Crippen molar-refractivity contribution in [3.05, 3.63) is 41.7 Å². The molecule has 3 aromatic heterocycles. The number of carbonyl (C=O) groups is 1. The summed E-state index contributed by atoms with van der Waals surface area (Å²) in [6, 6.07) is 6.23. The number of amides is 1. The summed E-state index contributed by atoms with van der Waals surface area (Å²) < 4.78 is 5.14. The zero-order valence-corrected chi connectivity index (χ0v) is 13.6. The second kappa shape index (κ2) is 6.36. The summed E-state index contributed by atoms with van der Waals surface area (Å²) in [5, 5.41) is 9.23. The van der Waals surface area contributed by atoms with Crippen LogP contribution in [-0.4, -0.2) is 26.8 Å². The lowest BCUT2D eigenvalue weighted by Crippen LogP contribution is -2.28. The Hall–Kier alpha value is -2.08. The van der Waals surface area contributed by atoms with E-state index in [1.807, 2.05) is 23.0 Å². The lowest BCUT2D eigenvalue weighted by atomic mass is 10.3. The number of carbonyl (C=O) groups excluding carboxylic acids is 1. The lowest BCUT2D eigenvalue weighted by molar-refractivity contribution is 0.0942. The van der Waals surface area contributed by atoms with Gasteiger partial charge in [0.25, 0.3) is 5.91 Å². The van der Waals surface area contributed by atoms with Gasteiger partial charge in [-0.05, 0) is 43.8 Å². The molecule has 3 rings (SSSR count). The molecule has 0 bridgehead atoms. The standard InChI is InChI=1S/C16H20N4OS/c1-12(2)20-13-5-10-22-15(13)11-14(20)16(21)17-6-3-8-19-9-4-7-18-19/h4-5,7,9-12H,3,6,8H2,1-2H3,(H,17,21). The summed E-state index contributed by atoms with van der Waals surface area (Å²) in [5.41, 5.74) is 1.89. The first-order valence-corrected chi connectivity index (χ1v) is 8.39. The fraction of sp³-hybridized carbons (Fsp3) is 0.375. The Labute approximate surface area is 133 Å². The average molecular weight is 316 g/mol. The van der Waals surface area contributed by atoms with Crippen LogP contribution in [-0.2, 0) is 6.54 Å². The van der Waals surface area contributed by atoms with Crippen LogP contribution in [0, 0.1) is 0 Å². The van der Waals surface area contributed by atoms with E-state index >= 15 is 0 Å². The highest BCUT2D eigenvalue weighted by atomic mass is 32.1. The van der Waals surface area contributed by atoms with Crippen molar-refractivity contribution in [1.29, 1.82) is 0 Å². The normalized spacial score (nSPS) is 11.4. The predicted molar refractivity (Wildman–Crippen MR) is 89.4 cm³/mol. The highest BCUT2D eigenvalue weighted by Gasteiger charge is 2.17. The summed E-state index contributed by atoms with van der Waals surface area (Å²) in [5.74, 6) is -0.00225. The Kier molecular flexibility index (Phi) is 4.29. The molecule has 5 nitrogen and oxygen atoms in total. The first-order valence-electron chi connectivity index (χ1n) is 7.51. The van der Waals surface area contributed by atoms with Gasteiger partial charge in [-0.15, -0.1) is 11.3 Å². The van der Waals surface area contributed by atoms with E-state index in [1.54, 1.807) is 17.5 Å². The van der Waals surface area contributed by atoms with Gasteiger partial charge in [-0.2, -0.15) is 5.10 Å². The van der Waals surface area contributed by atoms with E-state index in [1.165, 1.54) is 0 Å². The molecule has 0 saturated carbocycles. The first kappa shape index (κ1) is 14.8. The molecule has 1 amide bonds. The molecule has 0 aliphatic heterocycles. The van der Waals surface area contributed by atoms with Crippen molar-refractivity contribution >= 4 is 27.5 Å². The molecule has 0 saturated heterocycles. The van der Waals surface area contributed by atoms with Crippen molar-refractivity contribution in [2.45, 2.75) is 32.9 Å². The van der Waals surface area contributed by atoms with E-state index in [4.69, 9.17) is 0 Å². The lowest BCUT2D eigenvalue weighted by Gasteiger charge is -2.14. The van der Waals surface area contributed by atoms with Gasteiger partial charge in [0.15, 0.2) is 0 Å². The van der Waals surface area contributed by atoms with E-state index in [9.17, 15) is 4.79 Å². The van der Waals surface area contributed by atoms with Gasteiger partial charge in [-0.1, -0.05) is 0 Å². The minimum atomic E-state index is -0.00225. The highest BCUT2D eigenvalue weighted by Crippen LogP contribution is 2.28. The zero-order valence-electron chi connectivity index (χ0n) is 12.8. The van der Waals surface area contributed by atoms with Gasteiger partial charge in [0.05, 0.1) is 10.2 Å². The number of nitrogens with one attached hydrogen (secondary N) is 1. The van der Waals surface area contributed by atoms with Crippen molar-refractivity contribution in [1.82, 2.24) is 19.7 Å². The van der Waals surface area contributed by atoms with Gasteiger partial charge in [-0.25, -0.2) is 0 Å². The van der Waals surface area contributed by atoms with Crippen LogP contribution < -0.4 is 5.32 Å². The molecule has 0 radical (unpaired) electrons. The molecule has 22 heavy (non-hydrogen) atoms. The first-order chi connectivity index (χ1) is 10.7. The molecule has 3 aromatic rings. The Morgan fingerprint density at radius 2 is 2.32 bits per heavy atom. The topological polar surface area (TPSA) is 51.9 Å². The second-order valence-corrected chi connectivity index (χ2v) is 6.49. The summed E-state index contributed by atoms with van der Waals surface area (Å²) in [6.45, 7) is 5.67. The molecular weight excluding hydrogens is 296 g/mol. The van der Waals surface area contributed by atoms with Crippen LogP contribution in [0.15, 0.2) is 36.0 Å². The zero-order chi connectivity index (χ0) is 15.5. The number of nitrogens with zero attached hydrogens (tertiary/aromatic N) is 3. The van der Waals surface area contributed by atoms with Gasteiger partial charge in [0.1, 0.15) is 5.69 Å². The van der Waals surface area contributed by atoms with Crippen LogP contribution in [0.1, 0.15) is 36.8 Å². The van der Waals surface area contributed by atoms with Gasteiger partial charge in [-0.3, -0.25) is 9.48 Å². The average Bonchev–Trinajstić information content (AvgIpc) is 3.18. The van der Waals surface area contributed by atoms with Gasteiger partial charge >= 0.3 is 0 Å². The van der Waals surface area contributed by atoms with E-state index < -0.39 is 0 Å². The summed E-state index contributed by atoms with van der Waals surface area (Å²) in [7, 11) is 0. The molecular formula is C16H20N4OS. The van der Waals surface area contributed by atoms with Crippen molar-refractivity contribution in [3.8, 4) is 0 Å². The fourth-order valence-corrected chi connectivity index (χ4v) is 3.45. The molecule has 0 spiro atoms. The molecule has 0 aliphatic carbocycles. The Bertz CT molecular complexity index is 754. The monoisotopic (exact) mass is 316 g/mol. The number of rotatable bonds is 6. The molecule has 116 valence electrons. The van der Waals surface area contributed by atoms with Crippen molar-refractivity contribution in [2.24, 2.45) is 0 Å². The fourth-order valence-electron chi connectivity index (χ4n) is 2.64. The molecule has 0 fully saturated rings. The quantitative estimate of drug-likeness (QED) is 0.709. The molecule has 0 aromatic carbocycles.